The van der Waals surface area contributed by atoms with Crippen molar-refractivity contribution in [2.45, 2.75) is 0 Å². The van der Waals surface area contributed by atoms with Gasteiger partial charge in [0.1, 0.15) is 0 Å². The maximum absolute atomic E-state index is 5.37. The quantitative estimate of drug-likeness (QED) is 0.163. The third-order valence-electron chi connectivity index (χ3n) is 8.66. The van der Waals surface area contributed by atoms with Gasteiger partial charge >= 0.3 is 0 Å². The first kappa shape index (κ1) is 23.1. The Kier molecular flexibility index (Phi) is 4.93. The Morgan fingerprint density at radius 3 is 1.62 bits per heavy atom. The second kappa shape index (κ2) is 8.95. The van der Waals surface area contributed by atoms with E-state index in [1.54, 1.807) is 0 Å². The summed E-state index contributed by atoms with van der Waals surface area (Å²) in [5, 5.41) is 11.9. The van der Waals surface area contributed by atoms with Crippen LogP contribution in [0.1, 0.15) is 0 Å². The number of hydrogen-bond acceptors (Lipinski definition) is 2. The van der Waals surface area contributed by atoms with Crippen LogP contribution in [-0.2, 0) is 0 Å². The minimum atomic E-state index is 0.923. The van der Waals surface area contributed by atoms with Gasteiger partial charge in [0.15, 0.2) is 0 Å². The van der Waals surface area contributed by atoms with Crippen molar-refractivity contribution < 1.29 is 0 Å². The van der Waals surface area contributed by atoms with Gasteiger partial charge in [-0.1, -0.05) is 133 Å². The Balaban J connectivity index is 1.50. The zero-order valence-corrected chi connectivity index (χ0v) is 22.8. The van der Waals surface area contributed by atoms with Crippen molar-refractivity contribution in [2.24, 2.45) is 0 Å². The highest BCUT2D eigenvalue weighted by atomic mass is 14.8. The van der Waals surface area contributed by atoms with E-state index in [1.807, 2.05) is 6.20 Å². The molecule has 0 unspecified atom stereocenters. The summed E-state index contributed by atoms with van der Waals surface area (Å²) in [5.41, 5.74) is 6.46. The summed E-state index contributed by atoms with van der Waals surface area (Å²) in [6.07, 6.45) is 1.99. The zero-order valence-electron chi connectivity index (χ0n) is 22.8. The molecule has 0 bridgehead atoms. The van der Waals surface area contributed by atoms with E-state index >= 15 is 0 Å². The molecule has 0 saturated heterocycles. The highest BCUT2D eigenvalue weighted by Gasteiger charge is 2.22. The molecule has 9 aromatic rings. The van der Waals surface area contributed by atoms with Crippen molar-refractivity contribution in [1.29, 1.82) is 0 Å². The summed E-state index contributed by atoms with van der Waals surface area (Å²) >= 11 is 0. The molecule has 0 spiro atoms. The summed E-state index contributed by atoms with van der Waals surface area (Å²) in [6.45, 7) is 0. The number of hydrogen-bond donors (Lipinski definition) is 0. The van der Waals surface area contributed by atoms with Crippen LogP contribution in [0.4, 0.5) is 0 Å². The molecule has 7 aromatic carbocycles. The molecule has 0 aliphatic heterocycles. The van der Waals surface area contributed by atoms with E-state index in [4.69, 9.17) is 9.97 Å². The summed E-state index contributed by atoms with van der Waals surface area (Å²) in [4.78, 5) is 10.5. The van der Waals surface area contributed by atoms with E-state index in [2.05, 4.69) is 140 Å². The molecular weight excluding hydrogens is 508 g/mol. The molecular formula is C40H24N2. The summed E-state index contributed by atoms with van der Waals surface area (Å²) in [6, 6.07) is 49.8. The van der Waals surface area contributed by atoms with Crippen molar-refractivity contribution in [1.82, 2.24) is 9.97 Å². The standard InChI is InChI=1S/C40H24N2/c1-3-15-27-25(12-1)14-11-22-29(27)36-30-17-5-7-19-32(30)38(33-20-8-6-18-31(33)36)40-39-37(34-21-9-10-23-35(34)42-40)28-16-4-2-13-26(28)24-41-39/h1-24H. The van der Waals surface area contributed by atoms with Gasteiger partial charge in [-0.15, -0.1) is 0 Å². The topological polar surface area (TPSA) is 25.8 Å². The van der Waals surface area contributed by atoms with E-state index in [9.17, 15) is 0 Å². The molecule has 0 amide bonds. The lowest BCUT2D eigenvalue weighted by Crippen LogP contribution is -1.96. The fourth-order valence-electron chi connectivity index (χ4n) is 6.86. The third kappa shape index (κ3) is 3.27. The Morgan fingerprint density at radius 1 is 0.381 bits per heavy atom. The van der Waals surface area contributed by atoms with E-state index < -0.39 is 0 Å². The first-order chi connectivity index (χ1) is 20.9. The van der Waals surface area contributed by atoms with E-state index in [1.165, 1.54) is 48.8 Å². The van der Waals surface area contributed by atoms with E-state index in [-0.39, 0.29) is 0 Å². The van der Waals surface area contributed by atoms with Crippen LogP contribution in [0, 0.1) is 0 Å². The molecule has 9 rings (SSSR count). The number of para-hydroxylation sites is 1. The van der Waals surface area contributed by atoms with Crippen LogP contribution in [-0.4, -0.2) is 9.97 Å². The molecule has 0 radical (unpaired) electrons. The Morgan fingerprint density at radius 2 is 0.905 bits per heavy atom. The molecule has 42 heavy (non-hydrogen) atoms. The molecule has 0 N–H and O–H groups in total. The number of rotatable bonds is 2. The smallest absolute Gasteiger partial charge is 0.0985 e. The van der Waals surface area contributed by atoms with Crippen molar-refractivity contribution in [3.8, 4) is 22.4 Å². The van der Waals surface area contributed by atoms with Gasteiger partial charge in [-0.05, 0) is 54.9 Å². The van der Waals surface area contributed by atoms with Crippen LogP contribution in [0.2, 0.25) is 0 Å². The number of aromatic nitrogens is 2. The van der Waals surface area contributed by atoms with Crippen molar-refractivity contribution in [3.05, 3.63) is 146 Å². The summed E-state index contributed by atoms with van der Waals surface area (Å²) < 4.78 is 0. The molecule has 0 saturated carbocycles. The second-order valence-electron chi connectivity index (χ2n) is 10.9. The molecule has 2 heteroatoms. The average Bonchev–Trinajstić information content (AvgIpc) is 3.06. The SMILES string of the molecule is c1ccc2c(-c3c4ccccc4c(-c4nc5ccccc5c5c4ncc4ccccc45)c4ccccc34)cccc2c1. The van der Waals surface area contributed by atoms with Gasteiger partial charge in [-0.3, -0.25) is 4.98 Å². The molecule has 2 heterocycles. The molecule has 0 fully saturated rings. The number of pyridine rings is 2. The predicted octanol–water partition coefficient (Wildman–Crippen LogP) is 10.7. The van der Waals surface area contributed by atoms with Gasteiger partial charge in [-0.25, -0.2) is 4.98 Å². The first-order valence-electron chi connectivity index (χ1n) is 14.3. The Bertz CT molecular complexity index is 2450. The van der Waals surface area contributed by atoms with Crippen molar-refractivity contribution in [2.75, 3.05) is 0 Å². The predicted molar refractivity (Wildman–Crippen MR) is 178 cm³/mol. The fraction of sp³-hybridized carbons (Fsp3) is 0. The third-order valence-corrected chi connectivity index (χ3v) is 8.66. The lowest BCUT2D eigenvalue weighted by molar-refractivity contribution is 1.38. The van der Waals surface area contributed by atoms with Crippen LogP contribution in [0.5, 0.6) is 0 Å². The number of fused-ring (bicyclic) bond motifs is 8. The minimum Gasteiger partial charge on any atom is -0.253 e. The maximum atomic E-state index is 5.37. The molecule has 0 aliphatic rings. The lowest BCUT2D eigenvalue weighted by Gasteiger charge is -2.19. The fourth-order valence-corrected chi connectivity index (χ4v) is 6.86. The highest BCUT2D eigenvalue weighted by molar-refractivity contribution is 6.27. The van der Waals surface area contributed by atoms with Crippen molar-refractivity contribution in [3.63, 3.8) is 0 Å². The normalized spacial score (nSPS) is 11.8. The zero-order chi connectivity index (χ0) is 27.6. The van der Waals surface area contributed by atoms with E-state index in [0.29, 0.717) is 0 Å². The van der Waals surface area contributed by atoms with Gasteiger partial charge in [0.05, 0.1) is 16.7 Å². The largest absolute Gasteiger partial charge is 0.253 e. The first-order valence-corrected chi connectivity index (χ1v) is 14.3. The minimum absolute atomic E-state index is 0.923. The second-order valence-corrected chi connectivity index (χ2v) is 10.9. The number of benzene rings is 7. The van der Waals surface area contributed by atoms with Gasteiger partial charge < -0.3 is 0 Å². The molecule has 2 aromatic heterocycles. The van der Waals surface area contributed by atoms with Gasteiger partial charge in [-0.2, -0.15) is 0 Å². The summed E-state index contributed by atoms with van der Waals surface area (Å²) in [5.74, 6) is 0. The molecule has 2 nitrogen and oxygen atoms in total. The van der Waals surface area contributed by atoms with E-state index in [0.717, 1.165) is 38.4 Å². The highest BCUT2D eigenvalue weighted by Crippen LogP contribution is 2.46. The van der Waals surface area contributed by atoms with Crippen molar-refractivity contribution >= 4 is 64.9 Å². The van der Waals surface area contributed by atoms with Crippen LogP contribution >= 0.6 is 0 Å². The van der Waals surface area contributed by atoms with Gasteiger partial charge in [0, 0.05) is 27.9 Å². The van der Waals surface area contributed by atoms with Crippen LogP contribution < -0.4 is 0 Å². The Labute approximate surface area is 242 Å². The molecule has 0 aliphatic carbocycles. The molecule has 194 valence electrons. The Hall–Kier alpha value is -5.60. The summed E-state index contributed by atoms with van der Waals surface area (Å²) in [7, 11) is 0. The molecule has 0 atom stereocenters. The average molecular weight is 533 g/mol. The van der Waals surface area contributed by atoms with Gasteiger partial charge in [0.2, 0.25) is 0 Å². The maximum Gasteiger partial charge on any atom is 0.0985 e. The van der Waals surface area contributed by atoms with Crippen LogP contribution in [0.15, 0.2) is 146 Å². The monoisotopic (exact) mass is 532 g/mol. The van der Waals surface area contributed by atoms with Crippen LogP contribution in [0.3, 0.4) is 0 Å². The van der Waals surface area contributed by atoms with Crippen LogP contribution in [0.25, 0.3) is 87.3 Å². The van der Waals surface area contributed by atoms with Gasteiger partial charge in [0.25, 0.3) is 0 Å². The number of nitrogens with zero attached hydrogens (tertiary/aromatic N) is 2. The lowest BCUT2D eigenvalue weighted by atomic mass is 9.85.